The van der Waals surface area contributed by atoms with Gasteiger partial charge in [0.25, 0.3) is 0 Å². The molecule has 1 aromatic heterocycles. The minimum absolute atomic E-state index is 0.297. The summed E-state index contributed by atoms with van der Waals surface area (Å²) in [6.45, 7) is 4.09. The first-order valence-electron chi connectivity index (χ1n) is 12.7. The third-order valence-corrected chi connectivity index (χ3v) is 7.50. The fraction of sp³-hybridized carbons (Fsp3) is 0.393. The van der Waals surface area contributed by atoms with Gasteiger partial charge in [-0.05, 0) is 25.1 Å². The van der Waals surface area contributed by atoms with Crippen molar-refractivity contribution in [2.24, 2.45) is 4.99 Å². The van der Waals surface area contributed by atoms with Gasteiger partial charge in [0.15, 0.2) is 0 Å². The van der Waals surface area contributed by atoms with Gasteiger partial charge in [0.2, 0.25) is 5.96 Å². The van der Waals surface area contributed by atoms with Crippen LogP contribution in [0.4, 0.5) is 24.5 Å². The summed E-state index contributed by atoms with van der Waals surface area (Å²) in [6, 6.07) is 8.75. The average Bonchev–Trinajstić information content (AvgIpc) is 2.92. The highest BCUT2D eigenvalue weighted by Gasteiger charge is 2.48. The number of pyridine rings is 1. The second kappa shape index (κ2) is 10.3. The lowest BCUT2D eigenvalue weighted by molar-refractivity contribution is -0.138. The maximum Gasteiger partial charge on any atom is 0.412 e. The zero-order chi connectivity index (χ0) is 27.8. The van der Waals surface area contributed by atoms with Crippen molar-refractivity contribution in [3.8, 4) is 5.75 Å². The number of halogens is 3. The topological polar surface area (TPSA) is 81.5 Å². The van der Waals surface area contributed by atoms with Gasteiger partial charge in [0.05, 0.1) is 37.0 Å². The van der Waals surface area contributed by atoms with Crippen LogP contribution in [0, 0.1) is 0 Å². The summed E-state index contributed by atoms with van der Waals surface area (Å²) in [4.78, 5) is 27.1. The van der Waals surface area contributed by atoms with Crippen LogP contribution in [0.15, 0.2) is 71.5 Å². The molecule has 3 heterocycles. The first kappa shape index (κ1) is 26.6. The van der Waals surface area contributed by atoms with Gasteiger partial charge in [0.1, 0.15) is 5.75 Å². The molecule has 1 aromatic carbocycles. The quantitative estimate of drug-likeness (QED) is 0.575. The number of nitrogens with zero attached hydrogens (tertiary/aromatic N) is 5. The summed E-state index contributed by atoms with van der Waals surface area (Å²) in [6.07, 6.45) is 2.22. The van der Waals surface area contributed by atoms with E-state index in [4.69, 9.17) is 9.73 Å². The van der Waals surface area contributed by atoms with E-state index in [0.29, 0.717) is 43.4 Å². The highest BCUT2D eigenvalue weighted by Crippen LogP contribution is 2.46. The molecule has 1 aliphatic carbocycles. The highest BCUT2D eigenvalue weighted by atomic mass is 19.4. The number of hydrogen-bond acceptors (Lipinski definition) is 7. The van der Waals surface area contributed by atoms with E-state index >= 15 is 0 Å². The molecule has 11 heteroatoms. The number of anilines is 1. The normalized spacial score (nSPS) is 23.2. The van der Waals surface area contributed by atoms with Crippen molar-refractivity contribution in [1.29, 1.82) is 0 Å². The zero-order valence-electron chi connectivity index (χ0n) is 21.7. The van der Waals surface area contributed by atoms with E-state index in [1.54, 1.807) is 43.5 Å². The largest absolute Gasteiger partial charge is 0.497 e. The van der Waals surface area contributed by atoms with E-state index in [-0.39, 0.29) is 12.8 Å². The number of carboxylic acid groups (broad SMARTS) is 1. The number of rotatable bonds is 5. The number of carboxylic acids is 1. The van der Waals surface area contributed by atoms with E-state index in [2.05, 4.69) is 9.88 Å². The van der Waals surface area contributed by atoms with Crippen LogP contribution < -0.4 is 9.64 Å². The van der Waals surface area contributed by atoms with Crippen molar-refractivity contribution >= 4 is 23.3 Å². The van der Waals surface area contributed by atoms with E-state index in [0.717, 1.165) is 17.5 Å². The fourth-order valence-electron chi connectivity index (χ4n) is 5.59. The molecule has 8 nitrogen and oxygen atoms in total. The number of aromatic nitrogens is 1. The summed E-state index contributed by atoms with van der Waals surface area (Å²) in [7, 11) is 1.62. The zero-order valence-corrected chi connectivity index (χ0v) is 21.7. The maximum atomic E-state index is 13.8. The number of ether oxygens (including phenoxy) is 1. The van der Waals surface area contributed by atoms with Crippen LogP contribution in [0.2, 0.25) is 0 Å². The average molecular weight is 542 g/mol. The Morgan fingerprint density at radius 2 is 1.92 bits per heavy atom. The Bertz CT molecular complexity index is 1330. The number of methoxy groups -OCH3 is 1. The van der Waals surface area contributed by atoms with Gasteiger partial charge in [-0.15, -0.1) is 0 Å². The van der Waals surface area contributed by atoms with Crippen LogP contribution in [0.1, 0.15) is 31.4 Å². The standard InChI is InChI=1S/C28H30F3N5O3/c1-27(9-4-5-19(17-27)28(29,30)31)36-24(16-25(37)38)22-8-10-32-18-23(22)33-26(36)35-13-11-34(12-14-35)20-6-3-7-21(15-20)39-2/h3-10,15,18,24H,11-14,16-17H2,1-2H3,(H,37,38). The van der Waals surface area contributed by atoms with Crippen LogP contribution in [0.5, 0.6) is 5.75 Å². The van der Waals surface area contributed by atoms with E-state index in [1.807, 2.05) is 29.2 Å². The Hall–Kier alpha value is -4.02. The Kier molecular flexibility index (Phi) is 7.00. The molecule has 206 valence electrons. The molecule has 1 fully saturated rings. The van der Waals surface area contributed by atoms with Gasteiger partial charge in [0, 0.05) is 61.7 Å². The molecule has 0 bridgehead atoms. The lowest BCUT2D eigenvalue weighted by atomic mass is 9.83. The Labute approximate surface area is 224 Å². The number of aliphatic imine (C=N–C) groups is 1. The Morgan fingerprint density at radius 1 is 1.18 bits per heavy atom. The van der Waals surface area contributed by atoms with Crippen LogP contribution in [0.25, 0.3) is 0 Å². The number of fused-ring (bicyclic) bond motifs is 1. The van der Waals surface area contributed by atoms with Gasteiger partial charge in [-0.3, -0.25) is 9.78 Å². The minimum Gasteiger partial charge on any atom is -0.497 e. The van der Waals surface area contributed by atoms with Crippen LogP contribution in [0.3, 0.4) is 0 Å². The molecule has 0 radical (unpaired) electrons. The molecular weight excluding hydrogens is 511 g/mol. The molecule has 2 unspecified atom stereocenters. The molecular formula is C28H30F3N5O3. The predicted octanol–water partition coefficient (Wildman–Crippen LogP) is 4.94. The van der Waals surface area contributed by atoms with Crippen molar-refractivity contribution < 1.29 is 27.8 Å². The van der Waals surface area contributed by atoms with Crippen molar-refractivity contribution in [2.45, 2.75) is 37.5 Å². The molecule has 1 saturated heterocycles. The van der Waals surface area contributed by atoms with Gasteiger partial charge >= 0.3 is 12.1 Å². The number of alkyl halides is 3. The third-order valence-electron chi connectivity index (χ3n) is 7.50. The van der Waals surface area contributed by atoms with E-state index < -0.39 is 29.3 Å². The van der Waals surface area contributed by atoms with Crippen molar-refractivity contribution in [3.05, 3.63) is 72.1 Å². The molecule has 5 rings (SSSR count). The van der Waals surface area contributed by atoms with E-state index in [1.165, 1.54) is 6.08 Å². The van der Waals surface area contributed by atoms with Gasteiger partial charge in [-0.25, -0.2) is 4.99 Å². The minimum atomic E-state index is -4.49. The first-order valence-corrected chi connectivity index (χ1v) is 12.7. The predicted molar refractivity (Wildman–Crippen MR) is 141 cm³/mol. The number of guanidine groups is 1. The molecule has 2 atom stereocenters. The monoisotopic (exact) mass is 541 g/mol. The molecule has 39 heavy (non-hydrogen) atoms. The number of aliphatic carboxylic acids is 1. The van der Waals surface area contributed by atoms with Gasteiger partial charge in [-0.1, -0.05) is 24.3 Å². The molecule has 3 aliphatic rings. The summed E-state index contributed by atoms with van der Waals surface area (Å²) in [5.74, 6) is 0.165. The highest BCUT2D eigenvalue weighted by molar-refractivity contribution is 5.88. The van der Waals surface area contributed by atoms with E-state index in [9.17, 15) is 23.1 Å². The van der Waals surface area contributed by atoms with Gasteiger partial charge < -0.3 is 24.5 Å². The van der Waals surface area contributed by atoms with Crippen molar-refractivity contribution in [2.75, 3.05) is 38.2 Å². The summed E-state index contributed by atoms with van der Waals surface area (Å²) in [5, 5.41) is 9.85. The number of hydrogen-bond donors (Lipinski definition) is 1. The molecule has 1 N–H and O–H groups in total. The molecule has 0 amide bonds. The molecule has 0 saturated carbocycles. The second-order valence-electron chi connectivity index (χ2n) is 10.1. The van der Waals surface area contributed by atoms with Crippen molar-refractivity contribution in [3.63, 3.8) is 0 Å². The molecule has 2 aliphatic heterocycles. The number of carbonyl (C=O) groups is 1. The Balaban J connectivity index is 1.51. The van der Waals surface area contributed by atoms with Crippen LogP contribution in [-0.2, 0) is 4.79 Å². The van der Waals surface area contributed by atoms with Crippen LogP contribution in [-0.4, -0.2) is 76.8 Å². The number of benzene rings is 1. The van der Waals surface area contributed by atoms with Crippen molar-refractivity contribution in [1.82, 2.24) is 14.8 Å². The summed E-state index contributed by atoms with van der Waals surface area (Å²) < 4.78 is 46.8. The van der Waals surface area contributed by atoms with Gasteiger partial charge in [-0.2, -0.15) is 13.2 Å². The second-order valence-corrected chi connectivity index (χ2v) is 10.1. The first-order chi connectivity index (χ1) is 18.6. The lowest BCUT2D eigenvalue weighted by Crippen LogP contribution is -2.61. The maximum absolute atomic E-state index is 13.8. The fourth-order valence-corrected chi connectivity index (χ4v) is 5.59. The number of allylic oxidation sites excluding steroid dienone is 2. The Morgan fingerprint density at radius 3 is 2.62 bits per heavy atom. The SMILES string of the molecule is COc1cccc(N2CCN(C3=Nc4cnccc4C(CC(=O)O)N3C3(C)C=CC=C(C(F)(F)F)C3)CC2)c1. The number of piperazine rings is 1. The molecule has 0 spiro atoms. The lowest BCUT2D eigenvalue weighted by Gasteiger charge is -2.52. The summed E-state index contributed by atoms with van der Waals surface area (Å²) >= 11 is 0. The summed E-state index contributed by atoms with van der Waals surface area (Å²) in [5.41, 5.74) is 0.342. The third kappa shape index (κ3) is 5.30. The molecule has 2 aromatic rings. The smallest absolute Gasteiger partial charge is 0.412 e. The van der Waals surface area contributed by atoms with Crippen LogP contribution >= 0.6 is 0 Å².